The summed E-state index contributed by atoms with van der Waals surface area (Å²) in [6.07, 6.45) is 1.58. The van der Waals surface area contributed by atoms with Crippen molar-refractivity contribution in [2.75, 3.05) is 6.61 Å². The predicted octanol–water partition coefficient (Wildman–Crippen LogP) is 7.10. The van der Waals surface area contributed by atoms with E-state index in [0.717, 1.165) is 11.1 Å². The summed E-state index contributed by atoms with van der Waals surface area (Å²) in [7, 11) is 0. The minimum Gasteiger partial charge on any atom is -0.503 e. The highest BCUT2D eigenvalue weighted by atomic mass is 79.9. The fraction of sp³-hybridized carbons (Fsp3) is 0.0769. The average Bonchev–Trinajstić information content (AvgIpc) is 3.20. The van der Waals surface area contributed by atoms with Crippen LogP contribution in [0.2, 0.25) is 0 Å². The van der Waals surface area contributed by atoms with Crippen LogP contribution in [0.5, 0.6) is 11.5 Å². The number of phenolic OH excluding ortho intramolecular Hbond substituents is 1. The van der Waals surface area contributed by atoms with Crippen LogP contribution in [0.4, 0.5) is 5.88 Å². The number of ether oxygens (including phenoxy) is 1. The summed E-state index contributed by atoms with van der Waals surface area (Å²) in [6.45, 7) is 2.25. The van der Waals surface area contributed by atoms with Crippen molar-refractivity contribution >= 4 is 28.0 Å². The van der Waals surface area contributed by atoms with Crippen molar-refractivity contribution in [1.29, 1.82) is 5.26 Å². The van der Waals surface area contributed by atoms with Crippen LogP contribution in [0.1, 0.15) is 18.1 Å². The first-order chi connectivity index (χ1) is 15.6. The maximum atomic E-state index is 10.1. The molecule has 0 atom stereocenters. The first-order valence-corrected chi connectivity index (χ1v) is 10.8. The Hall–Kier alpha value is -3.82. The Morgan fingerprint density at radius 1 is 1.06 bits per heavy atom. The second-order valence-corrected chi connectivity index (χ2v) is 7.73. The second kappa shape index (κ2) is 9.54. The molecule has 158 valence electrons. The van der Waals surface area contributed by atoms with Gasteiger partial charge in [0.1, 0.15) is 17.4 Å². The van der Waals surface area contributed by atoms with Gasteiger partial charge in [0.2, 0.25) is 5.88 Å². The molecule has 5 nitrogen and oxygen atoms in total. The first kappa shape index (κ1) is 21.4. The zero-order valence-corrected chi connectivity index (χ0v) is 18.8. The molecule has 0 aliphatic rings. The number of nitriles is 1. The maximum Gasteiger partial charge on any atom is 0.238 e. The van der Waals surface area contributed by atoms with Gasteiger partial charge in [-0.2, -0.15) is 5.26 Å². The van der Waals surface area contributed by atoms with E-state index in [4.69, 9.17) is 9.15 Å². The van der Waals surface area contributed by atoms with Gasteiger partial charge in [-0.15, -0.1) is 0 Å². The third-order valence-electron chi connectivity index (χ3n) is 4.78. The molecule has 1 heterocycles. The molecule has 1 N–H and O–H groups in total. The summed E-state index contributed by atoms with van der Waals surface area (Å²) in [5.74, 6) is 1.17. The summed E-state index contributed by atoms with van der Waals surface area (Å²) in [5, 5.41) is 20.1. The van der Waals surface area contributed by atoms with E-state index >= 15 is 0 Å². The molecule has 0 saturated carbocycles. The molecule has 1 aromatic heterocycles. The number of furan rings is 1. The van der Waals surface area contributed by atoms with Gasteiger partial charge in [0.15, 0.2) is 11.5 Å². The molecule has 4 aromatic rings. The molecule has 32 heavy (non-hydrogen) atoms. The number of hydrogen-bond donors (Lipinski definition) is 1. The first-order valence-electron chi connectivity index (χ1n) is 9.99. The van der Waals surface area contributed by atoms with Crippen LogP contribution in [-0.2, 0) is 0 Å². The Labute approximate surface area is 194 Å². The highest BCUT2D eigenvalue weighted by molar-refractivity contribution is 9.10. The van der Waals surface area contributed by atoms with E-state index in [9.17, 15) is 10.4 Å². The number of nitrogens with zero attached hydrogens (tertiary/aromatic N) is 2. The largest absolute Gasteiger partial charge is 0.503 e. The molecule has 0 saturated heterocycles. The van der Waals surface area contributed by atoms with Gasteiger partial charge in [0.25, 0.3) is 0 Å². The molecule has 6 heteroatoms. The van der Waals surface area contributed by atoms with Crippen molar-refractivity contribution in [2.24, 2.45) is 4.99 Å². The van der Waals surface area contributed by atoms with Crippen molar-refractivity contribution in [3.05, 3.63) is 88.4 Å². The predicted molar refractivity (Wildman–Crippen MR) is 129 cm³/mol. The van der Waals surface area contributed by atoms with E-state index in [1.54, 1.807) is 18.3 Å². The highest BCUT2D eigenvalue weighted by Gasteiger charge is 2.22. The monoisotopic (exact) mass is 486 g/mol. The lowest BCUT2D eigenvalue weighted by Crippen LogP contribution is -1.94. The van der Waals surface area contributed by atoms with E-state index in [-0.39, 0.29) is 11.6 Å². The number of aliphatic imine (C=N–C) groups is 1. The molecule has 0 amide bonds. The zero-order chi connectivity index (χ0) is 22.5. The third-order valence-corrected chi connectivity index (χ3v) is 5.39. The van der Waals surface area contributed by atoms with Crippen molar-refractivity contribution in [3.63, 3.8) is 0 Å². The summed E-state index contributed by atoms with van der Waals surface area (Å²) in [6, 6.07) is 24.9. The van der Waals surface area contributed by atoms with E-state index in [1.807, 2.05) is 67.6 Å². The Balaban J connectivity index is 1.84. The van der Waals surface area contributed by atoms with Crippen LogP contribution < -0.4 is 4.74 Å². The van der Waals surface area contributed by atoms with E-state index in [1.165, 1.54) is 0 Å². The minimum absolute atomic E-state index is 0.0254. The van der Waals surface area contributed by atoms with Crippen LogP contribution in [0.3, 0.4) is 0 Å². The Morgan fingerprint density at radius 2 is 1.72 bits per heavy atom. The lowest BCUT2D eigenvalue weighted by atomic mass is 9.98. The number of halogens is 1. The molecule has 0 unspecified atom stereocenters. The number of hydrogen-bond acceptors (Lipinski definition) is 5. The molecule has 0 fully saturated rings. The Morgan fingerprint density at radius 3 is 2.34 bits per heavy atom. The van der Waals surface area contributed by atoms with Gasteiger partial charge in [-0.25, -0.2) is 4.99 Å². The van der Waals surface area contributed by atoms with Gasteiger partial charge >= 0.3 is 0 Å². The molecular weight excluding hydrogens is 468 g/mol. The van der Waals surface area contributed by atoms with E-state index in [0.29, 0.717) is 39.3 Å². The van der Waals surface area contributed by atoms with Crippen molar-refractivity contribution in [2.45, 2.75) is 6.92 Å². The van der Waals surface area contributed by atoms with E-state index < -0.39 is 0 Å². The highest BCUT2D eigenvalue weighted by Crippen LogP contribution is 2.42. The number of aromatic hydroxyl groups is 1. The van der Waals surface area contributed by atoms with Gasteiger partial charge in [0, 0.05) is 17.3 Å². The van der Waals surface area contributed by atoms with E-state index in [2.05, 4.69) is 27.0 Å². The number of phenols is 1. The second-order valence-electron chi connectivity index (χ2n) is 6.87. The molecule has 0 aliphatic carbocycles. The van der Waals surface area contributed by atoms with Crippen molar-refractivity contribution < 1.29 is 14.3 Å². The standard InChI is InChI=1S/C26H19BrN2O3/c1-2-31-22-14-17(13-21(27)24(22)30)16-29-26-20(15-28)23(18-9-5-3-6-10-18)25(32-26)19-11-7-4-8-12-19/h3-14,16,30H,2H2,1H3/b29-16+. The summed E-state index contributed by atoms with van der Waals surface area (Å²) in [4.78, 5) is 4.48. The van der Waals surface area contributed by atoms with Crippen LogP contribution in [-0.4, -0.2) is 17.9 Å². The fourth-order valence-corrected chi connectivity index (χ4v) is 3.81. The smallest absolute Gasteiger partial charge is 0.238 e. The van der Waals surface area contributed by atoms with Gasteiger partial charge < -0.3 is 14.3 Å². The maximum absolute atomic E-state index is 10.1. The van der Waals surface area contributed by atoms with Gasteiger partial charge in [0.05, 0.1) is 11.1 Å². The number of rotatable bonds is 6. The topological polar surface area (TPSA) is 78.8 Å². The normalized spacial score (nSPS) is 10.9. The van der Waals surface area contributed by atoms with Crippen LogP contribution in [0.25, 0.3) is 22.5 Å². The third kappa shape index (κ3) is 4.29. The van der Waals surface area contributed by atoms with Gasteiger partial charge in [-0.05, 0) is 46.1 Å². The minimum atomic E-state index is 0.0254. The molecule has 0 radical (unpaired) electrons. The van der Waals surface area contributed by atoms with Gasteiger partial charge in [-0.3, -0.25) is 0 Å². The van der Waals surface area contributed by atoms with Crippen LogP contribution >= 0.6 is 15.9 Å². The molecule has 0 aliphatic heterocycles. The number of benzene rings is 3. The Kier molecular flexibility index (Phi) is 6.39. The van der Waals surface area contributed by atoms with Gasteiger partial charge in [-0.1, -0.05) is 60.7 Å². The molecule has 0 bridgehead atoms. The molecule has 4 rings (SSSR count). The summed E-state index contributed by atoms with van der Waals surface area (Å²) in [5.41, 5.74) is 3.47. The lowest BCUT2D eigenvalue weighted by molar-refractivity contribution is 0.317. The van der Waals surface area contributed by atoms with Crippen LogP contribution in [0, 0.1) is 11.3 Å². The van der Waals surface area contributed by atoms with Crippen molar-refractivity contribution in [3.8, 4) is 40.0 Å². The Bertz CT molecular complexity index is 1310. The lowest BCUT2D eigenvalue weighted by Gasteiger charge is -2.08. The SMILES string of the molecule is CCOc1cc(/C=N/c2oc(-c3ccccc3)c(-c3ccccc3)c2C#N)cc(Br)c1O. The summed E-state index contributed by atoms with van der Waals surface area (Å²) >= 11 is 3.33. The van der Waals surface area contributed by atoms with Crippen LogP contribution in [0.15, 0.2) is 86.7 Å². The quantitative estimate of drug-likeness (QED) is 0.294. The fourth-order valence-electron chi connectivity index (χ4n) is 3.35. The molecule has 0 spiro atoms. The zero-order valence-electron chi connectivity index (χ0n) is 17.2. The summed E-state index contributed by atoms with van der Waals surface area (Å²) < 4.78 is 12.1. The molecule has 3 aromatic carbocycles. The molecular formula is C26H19BrN2O3. The average molecular weight is 487 g/mol. The van der Waals surface area contributed by atoms with Crippen molar-refractivity contribution in [1.82, 2.24) is 0 Å².